The summed E-state index contributed by atoms with van der Waals surface area (Å²) < 4.78 is 23.2. The van der Waals surface area contributed by atoms with Crippen molar-refractivity contribution >= 4 is 23.5 Å². The Morgan fingerprint density at radius 2 is 0.902 bits per heavy atom. The maximum Gasteiger partial charge on any atom is 0.118 e. The molecule has 5 heteroatoms. The average Bonchev–Trinajstić information content (AvgIpc) is 3.15. The van der Waals surface area contributed by atoms with Crippen LogP contribution in [0.2, 0.25) is 0 Å². The molecule has 0 bridgehead atoms. The summed E-state index contributed by atoms with van der Waals surface area (Å²) in [5, 5.41) is 0. The highest BCUT2D eigenvalue weighted by molar-refractivity contribution is 5.67. The van der Waals surface area contributed by atoms with Gasteiger partial charge in [-0.25, -0.2) is 0 Å². The molecule has 0 aliphatic carbocycles. The van der Waals surface area contributed by atoms with Gasteiger partial charge in [0.2, 0.25) is 0 Å². The number of hydrogen-bond acceptors (Lipinski definition) is 5. The maximum atomic E-state index is 6.27. The van der Waals surface area contributed by atoms with Crippen LogP contribution in [0.1, 0.15) is 108 Å². The van der Waals surface area contributed by atoms with Gasteiger partial charge in [-0.05, 0) is 105 Å². The summed E-state index contributed by atoms with van der Waals surface area (Å²) in [4.78, 5) is 2.45. The number of methoxy groups -OCH3 is 2. The highest BCUT2D eigenvalue weighted by Gasteiger charge is 2.14. The fraction of sp³-hybridized carbons (Fsp3) is 0.391. The van der Waals surface area contributed by atoms with E-state index >= 15 is 0 Å². The van der Waals surface area contributed by atoms with Gasteiger partial charge in [0, 0.05) is 17.9 Å². The van der Waals surface area contributed by atoms with Crippen LogP contribution in [0.3, 0.4) is 0 Å². The second-order valence-electron chi connectivity index (χ2n) is 13.6. The monoisotopic (exact) mass is 689 g/mol. The third-order valence-electron chi connectivity index (χ3n) is 8.80. The topological polar surface area (TPSA) is 40.2 Å². The summed E-state index contributed by atoms with van der Waals surface area (Å²) in [5.41, 5.74) is 6.87. The molecule has 272 valence electrons. The van der Waals surface area contributed by atoms with Crippen molar-refractivity contribution in [1.82, 2.24) is 0 Å². The Hall–Kier alpha value is -4.32. The van der Waals surface area contributed by atoms with Gasteiger partial charge in [-0.15, -0.1) is 0 Å². The third kappa shape index (κ3) is 13.1. The molecule has 5 nitrogen and oxygen atoms in total. The Kier molecular flexibility index (Phi) is 16.4. The van der Waals surface area contributed by atoms with Crippen LogP contribution < -0.4 is 14.4 Å². The Morgan fingerprint density at radius 3 is 1.27 bits per heavy atom. The summed E-state index contributed by atoms with van der Waals surface area (Å²) in [6.07, 6.45) is 16.1. The Balaban J connectivity index is 1.51. The van der Waals surface area contributed by atoms with Crippen molar-refractivity contribution in [1.29, 1.82) is 0 Å². The molecule has 0 spiro atoms. The van der Waals surface area contributed by atoms with E-state index in [1.54, 1.807) is 14.2 Å². The fourth-order valence-corrected chi connectivity index (χ4v) is 6.03. The molecule has 0 N–H and O–H groups in total. The van der Waals surface area contributed by atoms with E-state index in [9.17, 15) is 0 Å². The number of nitrogens with zero attached hydrogens (tertiary/aromatic N) is 1. The molecule has 2 atom stereocenters. The van der Waals surface area contributed by atoms with Crippen LogP contribution in [0.5, 0.6) is 11.5 Å². The molecule has 4 rings (SSSR count). The van der Waals surface area contributed by atoms with Gasteiger partial charge < -0.3 is 23.8 Å². The second kappa shape index (κ2) is 21.1. The number of rotatable bonds is 21. The SMILES string of the molecule is CCCCCCCCN(c1ccc(C=CC(OC(C)C)c2ccc(OC)cc2)cc1)c1ccc(C=CC(OC(C)C)c2ccc(OC)cc2)cc1. The van der Waals surface area contributed by atoms with Crippen molar-refractivity contribution in [2.24, 2.45) is 0 Å². The lowest BCUT2D eigenvalue weighted by Crippen LogP contribution is -2.18. The molecular weight excluding hydrogens is 631 g/mol. The molecule has 0 aliphatic heterocycles. The lowest BCUT2D eigenvalue weighted by atomic mass is 10.1. The number of ether oxygens (including phenoxy) is 4. The van der Waals surface area contributed by atoms with Crippen LogP contribution in [0.4, 0.5) is 11.4 Å². The van der Waals surface area contributed by atoms with Crippen LogP contribution in [-0.2, 0) is 9.47 Å². The summed E-state index contributed by atoms with van der Waals surface area (Å²) in [7, 11) is 3.37. The van der Waals surface area contributed by atoms with Crippen molar-refractivity contribution in [3.8, 4) is 11.5 Å². The molecule has 0 fully saturated rings. The molecule has 0 amide bonds. The molecule has 0 aliphatic rings. The zero-order chi connectivity index (χ0) is 36.4. The minimum atomic E-state index is -0.143. The lowest BCUT2D eigenvalue weighted by molar-refractivity contribution is 0.0350. The zero-order valence-corrected chi connectivity index (χ0v) is 31.9. The smallest absolute Gasteiger partial charge is 0.118 e. The molecule has 0 aromatic heterocycles. The van der Waals surface area contributed by atoms with Crippen LogP contribution in [0.25, 0.3) is 12.2 Å². The summed E-state index contributed by atoms with van der Waals surface area (Å²) in [6, 6.07) is 33.9. The first-order valence-corrected chi connectivity index (χ1v) is 18.7. The van der Waals surface area contributed by atoms with E-state index in [0.717, 1.165) is 46.7 Å². The van der Waals surface area contributed by atoms with Crippen molar-refractivity contribution < 1.29 is 18.9 Å². The van der Waals surface area contributed by atoms with E-state index < -0.39 is 0 Å². The molecule has 0 radical (unpaired) electrons. The molecule has 2 unspecified atom stereocenters. The summed E-state index contributed by atoms with van der Waals surface area (Å²) >= 11 is 0. The van der Waals surface area contributed by atoms with Gasteiger partial charge in [0.15, 0.2) is 0 Å². The Morgan fingerprint density at radius 1 is 0.510 bits per heavy atom. The minimum Gasteiger partial charge on any atom is -0.497 e. The number of unbranched alkanes of at least 4 members (excludes halogenated alkanes) is 5. The van der Waals surface area contributed by atoms with Gasteiger partial charge in [-0.2, -0.15) is 0 Å². The van der Waals surface area contributed by atoms with E-state index in [2.05, 4.69) is 137 Å². The fourth-order valence-electron chi connectivity index (χ4n) is 6.03. The van der Waals surface area contributed by atoms with E-state index in [1.807, 2.05) is 24.3 Å². The third-order valence-corrected chi connectivity index (χ3v) is 8.80. The van der Waals surface area contributed by atoms with Crippen molar-refractivity contribution in [2.45, 2.75) is 97.6 Å². The number of anilines is 2. The molecule has 0 saturated carbocycles. The van der Waals surface area contributed by atoms with E-state index in [4.69, 9.17) is 18.9 Å². The number of benzene rings is 4. The van der Waals surface area contributed by atoms with E-state index in [1.165, 1.54) is 43.5 Å². The highest BCUT2D eigenvalue weighted by Crippen LogP contribution is 2.30. The van der Waals surface area contributed by atoms with Crippen molar-refractivity contribution in [2.75, 3.05) is 25.7 Å². The second-order valence-corrected chi connectivity index (χ2v) is 13.6. The van der Waals surface area contributed by atoms with Crippen molar-refractivity contribution in [3.63, 3.8) is 0 Å². The van der Waals surface area contributed by atoms with Crippen LogP contribution in [0.15, 0.2) is 109 Å². The quantitative estimate of drug-likeness (QED) is 0.0815. The summed E-state index contributed by atoms with van der Waals surface area (Å²) in [6.45, 7) is 11.5. The predicted molar refractivity (Wildman–Crippen MR) is 215 cm³/mol. The molecular formula is C46H59NO4. The van der Waals surface area contributed by atoms with Crippen molar-refractivity contribution in [3.05, 3.63) is 131 Å². The normalized spacial score (nSPS) is 13.0. The molecule has 0 saturated heterocycles. The van der Waals surface area contributed by atoms with Gasteiger partial charge >= 0.3 is 0 Å². The molecule has 4 aromatic carbocycles. The van der Waals surface area contributed by atoms with Gasteiger partial charge in [0.25, 0.3) is 0 Å². The standard InChI is InChI=1S/C46H59NO4/c1-8-9-10-11-12-13-34-47(41-24-14-37(15-25-41)18-32-45(50-35(2)3)39-20-28-43(48-6)29-21-39)42-26-16-38(17-27-42)19-33-46(51-36(4)5)40-22-30-44(49-7)31-23-40/h14-33,35-36,45-46H,8-13,34H2,1-7H3. The van der Waals surface area contributed by atoms with E-state index in [0.29, 0.717) is 0 Å². The maximum absolute atomic E-state index is 6.27. The summed E-state index contributed by atoms with van der Waals surface area (Å²) in [5.74, 6) is 1.68. The molecule has 4 aromatic rings. The van der Waals surface area contributed by atoms with E-state index in [-0.39, 0.29) is 24.4 Å². The number of hydrogen-bond donors (Lipinski definition) is 0. The first-order chi connectivity index (χ1) is 24.8. The lowest BCUT2D eigenvalue weighted by Gasteiger charge is -2.25. The first kappa shape index (κ1) is 39.5. The Bertz CT molecular complexity index is 1470. The van der Waals surface area contributed by atoms with Gasteiger partial charge in [-0.3, -0.25) is 0 Å². The zero-order valence-electron chi connectivity index (χ0n) is 31.9. The highest BCUT2D eigenvalue weighted by atomic mass is 16.5. The molecule has 51 heavy (non-hydrogen) atoms. The Labute approximate surface area is 307 Å². The van der Waals surface area contributed by atoms with Gasteiger partial charge in [0.05, 0.1) is 26.4 Å². The minimum absolute atomic E-state index is 0.102. The first-order valence-electron chi connectivity index (χ1n) is 18.7. The average molecular weight is 690 g/mol. The van der Waals surface area contributed by atoms with Gasteiger partial charge in [-0.1, -0.05) is 112 Å². The van der Waals surface area contributed by atoms with Gasteiger partial charge in [0.1, 0.15) is 23.7 Å². The van der Waals surface area contributed by atoms with Crippen LogP contribution in [0, 0.1) is 0 Å². The molecule has 0 heterocycles. The predicted octanol–water partition coefficient (Wildman–Crippen LogP) is 12.6. The van der Waals surface area contributed by atoms with Crippen LogP contribution >= 0.6 is 0 Å². The largest absolute Gasteiger partial charge is 0.497 e. The van der Waals surface area contributed by atoms with Crippen LogP contribution in [-0.4, -0.2) is 33.0 Å².